The van der Waals surface area contributed by atoms with E-state index in [9.17, 15) is 5.11 Å². The van der Waals surface area contributed by atoms with Gasteiger partial charge in [-0.25, -0.2) is 0 Å². The minimum Gasteiger partial charge on any atom is -0.508 e. The van der Waals surface area contributed by atoms with Gasteiger partial charge in [-0.2, -0.15) is 0 Å². The van der Waals surface area contributed by atoms with Crippen molar-refractivity contribution >= 4 is 22.1 Å². The van der Waals surface area contributed by atoms with Crippen molar-refractivity contribution < 1.29 is 5.11 Å². The highest BCUT2D eigenvalue weighted by atomic mass is 16.3. The number of phenols is 1. The van der Waals surface area contributed by atoms with Crippen LogP contribution in [0.4, 0.5) is 11.4 Å². The van der Waals surface area contributed by atoms with Crippen molar-refractivity contribution in [3.05, 3.63) is 102 Å². The summed E-state index contributed by atoms with van der Waals surface area (Å²) >= 11 is 0. The Labute approximate surface area is 172 Å². The van der Waals surface area contributed by atoms with Gasteiger partial charge in [0.15, 0.2) is 0 Å². The maximum Gasteiger partial charge on any atom is 0.115 e. The zero-order valence-corrected chi connectivity index (χ0v) is 16.6. The van der Waals surface area contributed by atoms with E-state index in [2.05, 4.69) is 84.3 Å². The Hall–Kier alpha value is -3.46. The van der Waals surface area contributed by atoms with Crippen LogP contribution in [0.15, 0.2) is 96.6 Å². The van der Waals surface area contributed by atoms with Gasteiger partial charge in [0.25, 0.3) is 0 Å². The molecule has 1 unspecified atom stereocenters. The van der Waals surface area contributed by atoms with Gasteiger partial charge in [0.1, 0.15) is 5.75 Å². The van der Waals surface area contributed by atoms with Gasteiger partial charge in [0, 0.05) is 23.3 Å². The average molecular weight is 383 g/mol. The van der Waals surface area contributed by atoms with Crippen LogP contribution in [0.3, 0.4) is 0 Å². The second kappa shape index (κ2) is 8.70. The Bertz CT molecular complexity index is 1070. The number of nitrogens with one attached hydrogen (secondary N) is 2. The molecule has 3 aromatic rings. The van der Waals surface area contributed by atoms with E-state index in [4.69, 9.17) is 0 Å². The molecule has 2 aliphatic rings. The fourth-order valence-corrected chi connectivity index (χ4v) is 3.65. The summed E-state index contributed by atoms with van der Waals surface area (Å²) in [7, 11) is 0. The van der Waals surface area contributed by atoms with Crippen LogP contribution < -0.4 is 10.6 Å². The Morgan fingerprint density at radius 2 is 1.66 bits per heavy atom. The van der Waals surface area contributed by atoms with E-state index in [-0.39, 0.29) is 6.04 Å². The standard InChI is InChI=1S/C18H16N2O.C8H10/c21-14-9-7-12(8-10-14)17-11-19-15-5-1-3-13-4-2-6-16(20-17)18(13)15;1-8-6-4-2-3-5-7-8/h1-10,17,19-21H,11H2;2-4,6-7H,5H2,1H3. The maximum atomic E-state index is 9.44. The summed E-state index contributed by atoms with van der Waals surface area (Å²) in [4.78, 5) is 0. The second-order valence-electron chi connectivity index (χ2n) is 7.35. The molecule has 1 aliphatic heterocycles. The topological polar surface area (TPSA) is 44.3 Å². The number of rotatable bonds is 1. The first kappa shape index (κ1) is 18.9. The molecule has 0 radical (unpaired) electrons. The van der Waals surface area contributed by atoms with Crippen LogP contribution in [-0.4, -0.2) is 11.7 Å². The van der Waals surface area contributed by atoms with Gasteiger partial charge in [-0.3, -0.25) is 0 Å². The van der Waals surface area contributed by atoms with Crippen molar-refractivity contribution in [1.82, 2.24) is 0 Å². The fraction of sp³-hybridized carbons (Fsp3) is 0.154. The molecule has 0 saturated heterocycles. The lowest BCUT2D eigenvalue weighted by Gasteiger charge is -2.18. The van der Waals surface area contributed by atoms with Gasteiger partial charge in [0.05, 0.1) is 6.04 Å². The molecule has 29 heavy (non-hydrogen) atoms. The lowest BCUT2D eigenvalue weighted by atomic mass is 10.1. The largest absolute Gasteiger partial charge is 0.508 e. The molecule has 0 saturated carbocycles. The molecule has 1 heterocycles. The fourth-order valence-electron chi connectivity index (χ4n) is 3.65. The predicted octanol–water partition coefficient (Wildman–Crippen LogP) is 6.57. The Kier molecular flexibility index (Phi) is 5.66. The number of anilines is 2. The van der Waals surface area contributed by atoms with Crippen molar-refractivity contribution in [3.8, 4) is 5.75 Å². The summed E-state index contributed by atoms with van der Waals surface area (Å²) in [6, 6.07) is 20.2. The molecule has 0 amide bonds. The first-order valence-corrected chi connectivity index (χ1v) is 10.0. The smallest absolute Gasteiger partial charge is 0.115 e. The molecule has 3 nitrogen and oxygen atoms in total. The number of allylic oxidation sites excluding steroid dienone is 6. The first-order valence-electron chi connectivity index (χ1n) is 10.0. The average Bonchev–Trinajstić information content (AvgIpc) is 3.09. The van der Waals surface area contributed by atoms with E-state index in [0.717, 1.165) is 29.9 Å². The van der Waals surface area contributed by atoms with Gasteiger partial charge in [-0.05, 0) is 48.6 Å². The molecule has 0 spiro atoms. The summed E-state index contributed by atoms with van der Waals surface area (Å²) < 4.78 is 0. The van der Waals surface area contributed by atoms with Crippen molar-refractivity contribution in [1.29, 1.82) is 0 Å². The highest BCUT2D eigenvalue weighted by Crippen LogP contribution is 2.35. The molecule has 1 aliphatic carbocycles. The minimum atomic E-state index is 0.170. The number of benzene rings is 3. The summed E-state index contributed by atoms with van der Waals surface area (Å²) in [5.41, 5.74) is 4.82. The zero-order valence-electron chi connectivity index (χ0n) is 16.6. The molecule has 3 aromatic carbocycles. The van der Waals surface area contributed by atoms with Gasteiger partial charge in [0.2, 0.25) is 0 Å². The van der Waals surface area contributed by atoms with Gasteiger partial charge < -0.3 is 15.7 Å². The lowest BCUT2D eigenvalue weighted by molar-refractivity contribution is 0.475. The molecule has 0 fully saturated rings. The molecule has 5 rings (SSSR count). The Morgan fingerprint density at radius 3 is 2.45 bits per heavy atom. The van der Waals surface area contributed by atoms with Crippen LogP contribution in [0.1, 0.15) is 24.9 Å². The molecular weight excluding hydrogens is 356 g/mol. The third-order valence-corrected chi connectivity index (χ3v) is 5.21. The van der Waals surface area contributed by atoms with Crippen LogP contribution in [0.5, 0.6) is 5.75 Å². The van der Waals surface area contributed by atoms with Gasteiger partial charge >= 0.3 is 0 Å². The molecule has 3 heteroatoms. The van der Waals surface area contributed by atoms with Crippen LogP contribution >= 0.6 is 0 Å². The maximum absolute atomic E-state index is 9.44. The highest BCUT2D eigenvalue weighted by molar-refractivity contribution is 6.03. The van der Waals surface area contributed by atoms with Crippen LogP contribution in [-0.2, 0) is 0 Å². The highest BCUT2D eigenvalue weighted by Gasteiger charge is 2.18. The Balaban J connectivity index is 0.000000216. The number of hydrogen-bond acceptors (Lipinski definition) is 3. The summed E-state index contributed by atoms with van der Waals surface area (Å²) in [6.07, 6.45) is 11.7. The van der Waals surface area contributed by atoms with E-state index in [1.54, 1.807) is 12.1 Å². The number of hydrogen-bond donors (Lipinski definition) is 3. The normalized spacial score (nSPS) is 17.1. The molecule has 0 aromatic heterocycles. The first-order chi connectivity index (χ1) is 14.2. The van der Waals surface area contributed by atoms with Gasteiger partial charge in [-0.1, -0.05) is 72.4 Å². The second-order valence-corrected chi connectivity index (χ2v) is 7.35. The van der Waals surface area contributed by atoms with E-state index in [1.807, 2.05) is 12.1 Å². The Morgan fingerprint density at radius 1 is 0.897 bits per heavy atom. The SMILES string of the molecule is CC1=CCC=CC=C1.Oc1ccc(C2CNc3cccc4cccc(c34)N2)cc1. The summed E-state index contributed by atoms with van der Waals surface area (Å²) in [5, 5.41) is 19.1. The molecule has 3 N–H and O–H groups in total. The van der Waals surface area contributed by atoms with Gasteiger partial charge in [-0.15, -0.1) is 0 Å². The van der Waals surface area contributed by atoms with Crippen LogP contribution in [0, 0.1) is 0 Å². The van der Waals surface area contributed by atoms with Crippen LogP contribution in [0.25, 0.3) is 10.8 Å². The lowest BCUT2D eigenvalue weighted by Crippen LogP contribution is -2.18. The van der Waals surface area contributed by atoms with E-state index >= 15 is 0 Å². The van der Waals surface area contributed by atoms with Crippen molar-refractivity contribution in [2.75, 3.05) is 17.2 Å². The minimum absolute atomic E-state index is 0.170. The molecular formula is C26H26N2O. The number of aromatic hydroxyl groups is 1. The third kappa shape index (κ3) is 4.52. The third-order valence-electron chi connectivity index (χ3n) is 5.21. The zero-order chi connectivity index (χ0) is 20.1. The van der Waals surface area contributed by atoms with Crippen LogP contribution in [0.2, 0.25) is 0 Å². The number of phenolic OH excluding ortho intramolecular Hbond substituents is 1. The van der Waals surface area contributed by atoms with Crippen molar-refractivity contribution in [3.63, 3.8) is 0 Å². The summed E-state index contributed by atoms with van der Waals surface area (Å²) in [5.74, 6) is 0.297. The quantitative estimate of drug-likeness (QED) is 0.446. The van der Waals surface area contributed by atoms with E-state index in [1.165, 1.54) is 16.3 Å². The predicted molar refractivity (Wildman–Crippen MR) is 124 cm³/mol. The monoisotopic (exact) mass is 382 g/mol. The molecule has 1 atom stereocenters. The van der Waals surface area contributed by atoms with E-state index in [0.29, 0.717) is 5.75 Å². The molecule has 0 bridgehead atoms. The molecule has 146 valence electrons. The van der Waals surface area contributed by atoms with Crippen molar-refractivity contribution in [2.45, 2.75) is 19.4 Å². The summed E-state index contributed by atoms with van der Waals surface area (Å²) in [6.45, 7) is 2.92. The van der Waals surface area contributed by atoms with E-state index < -0.39 is 0 Å². The van der Waals surface area contributed by atoms with Crippen molar-refractivity contribution in [2.24, 2.45) is 0 Å².